The van der Waals surface area contributed by atoms with Crippen molar-refractivity contribution in [2.45, 2.75) is 13.3 Å². The molecule has 0 bridgehead atoms. The molecule has 0 fully saturated rings. The molecule has 1 aromatic carbocycles. The van der Waals surface area contributed by atoms with Gasteiger partial charge in [-0.25, -0.2) is 4.98 Å². The Hall–Kier alpha value is -2.23. The van der Waals surface area contributed by atoms with Crippen LogP contribution in [0.5, 0.6) is 11.5 Å². The van der Waals surface area contributed by atoms with Gasteiger partial charge in [-0.15, -0.1) is 0 Å². The summed E-state index contributed by atoms with van der Waals surface area (Å²) in [6.07, 6.45) is 2.77. The maximum absolute atomic E-state index is 5.34. The third kappa shape index (κ3) is 4.38. The minimum atomic E-state index is 0.491. The van der Waals surface area contributed by atoms with Crippen molar-refractivity contribution in [2.24, 2.45) is 5.92 Å². The number of nitrogens with zero attached hydrogens (tertiary/aromatic N) is 1. The quantitative estimate of drug-likeness (QED) is 0.847. The molecule has 0 aliphatic heterocycles. The summed E-state index contributed by atoms with van der Waals surface area (Å²) in [5.74, 6) is 2.95. The predicted octanol–water partition coefficient (Wildman–Crippen LogP) is 3.39. The van der Waals surface area contributed by atoms with Gasteiger partial charge in [0.1, 0.15) is 5.82 Å². The van der Waals surface area contributed by atoms with Crippen molar-refractivity contribution >= 4 is 5.82 Å². The molecule has 21 heavy (non-hydrogen) atoms. The van der Waals surface area contributed by atoms with Crippen molar-refractivity contribution in [3.8, 4) is 11.5 Å². The molecular formula is C17H22N2O2. The van der Waals surface area contributed by atoms with E-state index in [2.05, 4.69) is 23.3 Å². The molecule has 0 aliphatic carbocycles. The van der Waals surface area contributed by atoms with Crippen LogP contribution in [0, 0.1) is 5.92 Å². The zero-order valence-corrected chi connectivity index (χ0v) is 12.8. The van der Waals surface area contributed by atoms with Crippen molar-refractivity contribution in [3.63, 3.8) is 0 Å². The third-order valence-electron chi connectivity index (χ3n) is 3.33. The maximum Gasteiger partial charge on any atom is 0.160 e. The van der Waals surface area contributed by atoms with Gasteiger partial charge in [0.2, 0.25) is 0 Å². The second-order valence-corrected chi connectivity index (χ2v) is 5.09. The van der Waals surface area contributed by atoms with Crippen molar-refractivity contribution < 1.29 is 9.47 Å². The van der Waals surface area contributed by atoms with E-state index in [1.807, 2.05) is 30.3 Å². The standard InChI is InChI=1S/C17H22N2O2/c1-13(12-19-17-6-4-5-9-18-17)10-14-7-8-15(20-2)16(11-14)21-3/h4-9,11,13H,10,12H2,1-3H3,(H,18,19). The molecule has 1 aromatic heterocycles. The number of pyridine rings is 1. The molecule has 1 atom stereocenters. The van der Waals surface area contributed by atoms with Crippen molar-refractivity contribution in [1.82, 2.24) is 4.98 Å². The molecule has 0 saturated carbocycles. The number of nitrogens with one attached hydrogen (secondary N) is 1. The number of ether oxygens (including phenoxy) is 2. The molecule has 4 nitrogen and oxygen atoms in total. The van der Waals surface area contributed by atoms with Crippen LogP contribution in [-0.4, -0.2) is 25.7 Å². The first kappa shape index (κ1) is 15.2. The average molecular weight is 286 g/mol. The van der Waals surface area contributed by atoms with Crippen LogP contribution in [0.4, 0.5) is 5.82 Å². The minimum Gasteiger partial charge on any atom is -0.493 e. The lowest BCUT2D eigenvalue weighted by Crippen LogP contribution is -2.14. The summed E-state index contributed by atoms with van der Waals surface area (Å²) in [4.78, 5) is 4.26. The van der Waals surface area contributed by atoms with Gasteiger partial charge in [-0.1, -0.05) is 19.1 Å². The van der Waals surface area contributed by atoms with Crippen molar-refractivity contribution in [2.75, 3.05) is 26.1 Å². The summed E-state index contributed by atoms with van der Waals surface area (Å²) in [6, 6.07) is 11.9. The number of hydrogen-bond donors (Lipinski definition) is 1. The first-order valence-corrected chi connectivity index (χ1v) is 7.08. The average Bonchev–Trinajstić information content (AvgIpc) is 2.53. The van der Waals surface area contributed by atoms with Gasteiger partial charge in [0.15, 0.2) is 11.5 Å². The van der Waals surface area contributed by atoms with Crippen LogP contribution < -0.4 is 14.8 Å². The van der Waals surface area contributed by atoms with Crippen molar-refractivity contribution in [1.29, 1.82) is 0 Å². The van der Waals surface area contributed by atoms with Crippen LogP contribution in [0.2, 0.25) is 0 Å². The summed E-state index contributed by atoms with van der Waals surface area (Å²) in [6.45, 7) is 3.10. The Morgan fingerprint density at radius 1 is 1.10 bits per heavy atom. The lowest BCUT2D eigenvalue weighted by Gasteiger charge is -2.15. The highest BCUT2D eigenvalue weighted by Crippen LogP contribution is 2.28. The topological polar surface area (TPSA) is 43.4 Å². The van der Waals surface area contributed by atoms with E-state index in [1.54, 1.807) is 20.4 Å². The van der Waals surface area contributed by atoms with Gasteiger partial charge >= 0.3 is 0 Å². The highest BCUT2D eigenvalue weighted by atomic mass is 16.5. The summed E-state index contributed by atoms with van der Waals surface area (Å²) in [5, 5.41) is 3.35. The predicted molar refractivity (Wildman–Crippen MR) is 85.1 cm³/mol. The second-order valence-electron chi connectivity index (χ2n) is 5.09. The Morgan fingerprint density at radius 2 is 1.90 bits per heavy atom. The lowest BCUT2D eigenvalue weighted by molar-refractivity contribution is 0.354. The van der Waals surface area contributed by atoms with E-state index in [9.17, 15) is 0 Å². The number of anilines is 1. The Morgan fingerprint density at radius 3 is 2.57 bits per heavy atom. The fourth-order valence-electron chi connectivity index (χ4n) is 2.23. The first-order chi connectivity index (χ1) is 10.2. The van der Waals surface area contributed by atoms with E-state index in [0.29, 0.717) is 5.92 Å². The summed E-state index contributed by atoms with van der Waals surface area (Å²) in [5.41, 5.74) is 1.24. The minimum absolute atomic E-state index is 0.491. The monoisotopic (exact) mass is 286 g/mol. The normalized spacial score (nSPS) is 11.8. The van der Waals surface area contributed by atoms with Crippen LogP contribution in [-0.2, 0) is 6.42 Å². The second kappa shape index (κ2) is 7.53. The van der Waals surface area contributed by atoms with E-state index < -0.39 is 0 Å². The molecular weight excluding hydrogens is 264 g/mol. The zero-order valence-electron chi connectivity index (χ0n) is 12.8. The molecule has 2 rings (SSSR count). The van der Waals surface area contributed by atoms with E-state index in [-0.39, 0.29) is 0 Å². The van der Waals surface area contributed by atoms with Gasteiger partial charge in [0.05, 0.1) is 14.2 Å². The molecule has 0 radical (unpaired) electrons. The van der Waals surface area contributed by atoms with Gasteiger partial charge in [0, 0.05) is 12.7 Å². The molecule has 112 valence electrons. The first-order valence-electron chi connectivity index (χ1n) is 7.08. The van der Waals surface area contributed by atoms with Gasteiger partial charge < -0.3 is 14.8 Å². The van der Waals surface area contributed by atoms with E-state index >= 15 is 0 Å². The highest BCUT2D eigenvalue weighted by molar-refractivity contribution is 5.43. The number of methoxy groups -OCH3 is 2. The molecule has 0 spiro atoms. The number of rotatable bonds is 7. The molecule has 2 aromatic rings. The van der Waals surface area contributed by atoms with Gasteiger partial charge in [-0.2, -0.15) is 0 Å². The van der Waals surface area contributed by atoms with Crippen molar-refractivity contribution in [3.05, 3.63) is 48.2 Å². The molecule has 0 amide bonds. The van der Waals surface area contributed by atoms with Gasteiger partial charge in [-0.3, -0.25) is 0 Å². The zero-order chi connectivity index (χ0) is 15.1. The van der Waals surface area contributed by atoms with E-state index in [4.69, 9.17) is 9.47 Å². The molecule has 4 heteroatoms. The third-order valence-corrected chi connectivity index (χ3v) is 3.33. The summed E-state index contributed by atoms with van der Waals surface area (Å²) < 4.78 is 10.6. The molecule has 0 saturated heterocycles. The van der Waals surface area contributed by atoms with E-state index in [0.717, 1.165) is 30.3 Å². The lowest BCUT2D eigenvalue weighted by atomic mass is 10.0. The summed E-state index contributed by atoms with van der Waals surface area (Å²) >= 11 is 0. The Kier molecular flexibility index (Phi) is 5.43. The van der Waals surface area contributed by atoms with Crippen LogP contribution in [0.1, 0.15) is 12.5 Å². The molecule has 0 aliphatic rings. The highest BCUT2D eigenvalue weighted by Gasteiger charge is 2.08. The SMILES string of the molecule is COc1ccc(CC(C)CNc2ccccn2)cc1OC. The van der Waals surface area contributed by atoms with Crippen LogP contribution >= 0.6 is 0 Å². The smallest absolute Gasteiger partial charge is 0.160 e. The Labute approximate surface area is 126 Å². The summed E-state index contributed by atoms with van der Waals surface area (Å²) in [7, 11) is 3.31. The van der Waals surface area contributed by atoms with Gasteiger partial charge in [-0.05, 0) is 42.2 Å². The van der Waals surface area contributed by atoms with Crippen LogP contribution in [0.3, 0.4) is 0 Å². The molecule has 1 heterocycles. The Balaban J connectivity index is 1.91. The van der Waals surface area contributed by atoms with Crippen LogP contribution in [0.15, 0.2) is 42.6 Å². The van der Waals surface area contributed by atoms with Crippen LogP contribution in [0.25, 0.3) is 0 Å². The number of aromatic nitrogens is 1. The molecule has 1 unspecified atom stereocenters. The maximum atomic E-state index is 5.34. The van der Waals surface area contributed by atoms with E-state index in [1.165, 1.54) is 5.56 Å². The largest absolute Gasteiger partial charge is 0.493 e. The van der Waals surface area contributed by atoms with Gasteiger partial charge in [0.25, 0.3) is 0 Å². The Bertz CT molecular complexity index is 558. The fourth-order valence-corrected chi connectivity index (χ4v) is 2.23. The number of benzene rings is 1. The number of hydrogen-bond acceptors (Lipinski definition) is 4. The fraction of sp³-hybridized carbons (Fsp3) is 0.353. The molecule has 1 N–H and O–H groups in total.